The Balaban J connectivity index is 1.89. The first-order chi connectivity index (χ1) is 10.4. The number of nitrogens with one attached hydrogen (secondary N) is 1. The second-order valence-electron chi connectivity index (χ2n) is 5.45. The third-order valence-electron chi connectivity index (χ3n) is 3.70. The molecule has 0 bridgehead atoms. The van der Waals surface area contributed by atoms with E-state index in [-0.39, 0.29) is 19.1 Å². The van der Waals surface area contributed by atoms with Gasteiger partial charge in [-0.2, -0.15) is 0 Å². The number of aliphatic hydroxyl groups is 1. The molecular weight excluding hydrogens is 352 g/mol. The minimum Gasteiger partial charge on any atom is -0.491 e. The van der Waals surface area contributed by atoms with Gasteiger partial charge in [0, 0.05) is 4.47 Å². The largest absolute Gasteiger partial charge is 0.491 e. The van der Waals surface area contributed by atoms with E-state index in [9.17, 15) is 14.7 Å². The van der Waals surface area contributed by atoms with Crippen LogP contribution in [-0.2, 0) is 4.79 Å². The Labute approximate surface area is 137 Å². The van der Waals surface area contributed by atoms with Gasteiger partial charge in [-0.25, -0.2) is 4.79 Å². The summed E-state index contributed by atoms with van der Waals surface area (Å²) in [6, 6.07) is 6.70. The zero-order chi connectivity index (χ0) is 16.3. The number of ether oxygens (including phenoxy) is 1. The van der Waals surface area contributed by atoms with Gasteiger partial charge in [0.15, 0.2) is 0 Å². The molecule has 1 aromatic rings. The number of hydrogen-bond donors (Lipinski definition) is 2. The van der Waals surface area contributed by atoms with Crippen LogP contribution in [0, 0.1) is 0 Å². The van der Waals surface area contributed by atoms with Crippen LogP contribution in [0.1, 0.15) is 20.3 Å². The summed E-state index contributed by atoms with van der Waals surface area (Å²) in [6.07, 6.45) is -0.447. The SMILES string of the molecule is CC[C@@]1(C)NC(=O)N(C[C@@H](O)COc2ccc(Br)cc2)C1=O. The molecule has 0 unspecified atom stereocenters. The molecule has 22 heavy (non-hydrogen) atoms. The van der Waals surface area contributed by atoms with Crippen LogP contribution in [0.25, 0.3) is 0 Å². The number of imide groups is 1. The number of β-amino-alcohol motifs (C(OH)–C–C–N with tert-alkyl or cyclic N) is 1. The van der Waals surface area contributed by atoms with E-state index in [4.69, 9.17) is 4.74 Å². The highest BCUT2D eigenvalue weighted by molar-refractivity contribution is 9.10. The molecular formula is C15H19BrN2O4. The van der Waals surface area contributed by atoms with E-state index in [1.54, 1.807) is 19.1 Å². The monoisotopic (exact) mass is 370 g/mol. The number of rotatable bonds is 6. The normalized spacial score (nSPS) is 22.6. The van der Waals surface area contributed by atoms with Gasteiger partial charge < -0.3 is 15.2 Å². The van der Waals surface area contributed by atoms with Crippen molar-refractivity contribution < 1.29 is 19.4 Å². The Morgan fingerprint density at radius 1 is 1.36 bits per heavy atom. The van der Waals surface area contributed by atoms with Crippen molar-refractivity contribution in [3.8, 4) is 5.75 Å². The summed E-state index contributed by atoms with van der Waals surface area (Å²) in [5, 5.41) is 12.6. The van der Waals surface area contributed by atoms with Crippen LogP contribution < -0.4 is 10.1 Å². The highest BCUT2D eigenvalue weighted by Gasteiger charge is 2.46. The summed E-state index contributed by atoms with van der Waals surface area (Å²) < 4.78 is 6.37. The summed E-state index contributed by atoms with van der Waals surface area (Å²) in [6.45, 7) is 3.42. The van der Waals surface area contributed by atoms with E-state index in [1.165, 1.54) is 0 Å². The maximum absolute atomic E-state index is 12.2. The molecule has 2 N–H and O–H groups in total. The summed E-state index contributed by atoms with van der Waals surface area (Å²) in [5.74, 6) is 0.292. The van der Waals surface area contributed by atoms with E-state index >= 15 is 0 Å². The molecule has 3 amide bonds. The predicted octanol–water partition coefficient (Wildman–Crippen LogP) is 1.91. The third-order valence-corrected chi connectivity index (χ3v) is 4.23. The van der Waals surface area contributed by atoms with Gasteiger partial charge in [0.2, 0.25) is 0 Å². The van der Waals surface area contributed by atoms with Crippen molar-refractivity contribution in [3.63, 3.8) is 0 Å². The molecule has 1 fully saturated rings. The fourth-order valence-corrected chi connectivity index (χ4v) is 2.40. The highest BCUT2D eigenvalue weighted by Crippen LogP contribution is 2.21. The van der Waals surface area contributed by atoms with Gasteiger partial charge in [-0.05, 0) is 37.6 Å². The molecule has 6 nitrogen and oxygen atoms in total. The van der Waals surface area contributed by atoms with Crippen LogP contribution in [0.3, 0.4) is 0 Å². The third kappa shape index (κ3) is 3.59. The maximum Gasteiger partial charge on any atom is 0.325 e. The molecule has 0 spiro atoms. The first kappa shape index (κ1) is 16.8. The zero-order valence-corrected chi connectivity index (χ0v) is 14.1. The molecule has 7 heteroatoms. The van der Waals surface area contributed by atoms with Crippen molar-refractivity contribution in [2.45, 2.75) is 31.9 Å². The Morgan fingerprint density at radius 3 is 2.55 bits per heavy atom. The molecule has 0 saturated carbocycles. The number of aliphatic hydroxyl groups excluding tert-OH is 1. The van der Waals surface area contributed by atoms with Crippen LogP contribution >= 0.6 is 15.9 Å². The minimum atomic E-state index is -0.947. The van der Waals surface area contributed by atoms with Gasteiger partial charge in [-0.3, -0.25) is 9.69 Å². The lowest BCUT2D eigenvalue weighted by Gasteiger charge is -2.21. The van der Waals surface area contributed by atoms with Crippen LogP contribution in [-0.4, -0.2) is 46.7 Å². The second-order valence-corrected chi connectivity index (χ2v) is 6.37. The van der Waals surface area contributed by atoms with Gasteiger partial charge in [-0.15, -0.1) is 0 Å². The number of hydrogen-bond acceptors (Lipinski definition) is 4. The smallest absolute Gasteiger partial charge is 0.325 e. The van der Waals surface area contributed by atoms with E-state index in [0.29, 0.717) is 12.2 Å². The quantitative estimate of drug-likeness (QED) is 0.749. The minimum absolute atomic E-state index is 0.00152. The Hall–Kier alpha value is -1.60. The van der Waals surface area contributed by atoms with E-state index < -0.39 is 17.7 Å². The molecule has 1 heterocycles. The molecule has 2 rings (SSSR count). The summed E-state index contributed by atoms with van der Waals surface area (Å²) in [7, 11) is 0. The van der Waals surface area contributed by atoms with E-state index in [2.05, 4.69) is 21.2 Å². The molecule has 1 saturated heterocycles. The average Bonchev–Trinajstić information content (AvgIpc) is 2.71. The molecule has 1 aliphatic heterocycles. The molecule has 1 aromatic carbocycles. The van der Waals surface area contributed by atoms with Crippen LogP contribution in [0.15, 0.2) is 28.7 Å². The lowest BCUT2D eigenvalue weighted by molar-refractivity contribution is -0.132. The first-order valence-electron chi connectivity index (χ1n) is 7.06. The van der Waals surface area contributed by atoms with Gasteiger partial charge >= 0.3 is 6.03 Å². The lowest BCUT2D eigenvalue weighted by Crippen LogP contribution is -2.44. The zero-order valence-electron chi connectivity index (χ0n) is 12.5. The molecule has 0 radical (unpaired) electrons. The maximum atomic E-state index is 12.2. The van der Waals surface area contributed by atoms with Crippen LogP contribution in [0.2, 0.25) is 0 Å². The second kappa shape index (κ2) is 6.66. The average molecular weight is 371 g/mol. The summed E-state index contributed by atoms with van der Waals surface area (Å²) in [5.41, 5.74) is -0.886. The standard InChI is InChI=1S/C15H19BrN2O4/c1-3-15(2)13(20)18(14(21)17-15)8-11(19)9-22-12-6-4-10(16)5-7-12/h4-7,11,19H,3,8-9H2,1-2H3,(H,17,21)/t11-,15-/m1/s1. The van der Waals surface area contributed by atoms with Crippen molar-refractivity contribution in [3.05, 3.63) is 28.7 Å². The van der Waals surface area contributed by atoms with Crippen LogP contribution in [0.5, 0.6) is 5.75 Å². The fourth-order valence-electron chi connectivity index (χ4n) is 2.14. The van der Waals surface area contributed by atoms with Crippen molar-refractivity contribution in [2.75, 3.05) is 13.2 Å². The molecule has 120 valence electrons. The predicted molar refractivity (Wildman–Crippen MR) is 84.6 cm³/mol. The lowest BCUT2D eigenvalue weighted by atomic mass is 9.99. The van der Waals surface area contributed by atoms with E-state index in [1.807, 2.05) is 19.1 Å². The van der Waals surface area contributed by atoms with Crippen molar-refractivity contribution in [2.24, 2.45) is 0 Å². The number of urea groups is 1. The number of carbonyl (C=O) groups is 2. The van der Waals surface area contributed by atoms with Gasteiger partial charge in [0.1, 0.15) is 24.0 Å². The van der Waals surface area contributed by atoms with E-state index in [0.717, 1.165) is 9.37 Å². The fraction of sp³-hybridized carbons (Fsp3) is 0.467. The van der Waals surface area contributed by atoms with Crippen molar-refractivity contribution in [1.29, 1.82) is 0 Å². The Kier molecular flexibility index (Phi) is 5.08. The number of nitrogens with zero attached hydrogens (tertiary/aromatic N) is 1. The Bertz CT molecular complexity index is 563. The molecule has 2 atom stereocenters. The van der Waals surface area contributed by atoms with Gasteiger partial charge in [0.25, 0.3) is 5.91 Å². The molecule has 0 aliphatic carbocycles. The van der Waals surface area contributed by atoms with Crippen molar-refractivity contribution >= 4 is 27.9 Å². The number of benzene rings is 1. The molecule has 1 aliphatic rings. The Morgan fingerprint density at radius 2 is 2.00 bits per heavy atom. The van der Waals surface area contributed by atoms with Crippen molar-refractivity contribution in [1.82, 2.24) is 10.2 Å². The van der Waals surface area contributed by atoms with Crippen LogP contribution in [0.4, 0.5) is 4.79 Å². The summed E-state index contributed by atoms with van der Waals surface area (Å²) in [4.78, 5) is 25.1. The number of carbonyl (C=O) groups excluding carboxylic acids is 2. The number of halogens is 1. The van der Waals surface area contributed by atoms with Gasteiger partial charge in [0.05, 0.1) is 6.54 Å². The topological polar surface area (TPSA) is 78.9 Å². The molecule has 0 aromatic heterocycles. The first-order valence-corrected chi connectivity index (χ1v) is 7.85. The highest BCUT2D eigenvalue weighted by atomic mass is 79.9. The van der Waals surface area contributed by atoms with Gasteiger partial charge in [-0.1, -0.05) is 22.9 Å². The number of amides is 3. The summed E-state index contributed by atoms with van der Waals surface area (Å²) >= 11 is 3.32.